The van der Waals surface area contributed by atoms with Crippen molar-refractivity contribution in [2.75, 3.05) is 12.3 Å². The highest BCUT2D eigenvalue weighted by Crippen LogP contribution is 2.29. The fraction of sp³-hybridized carbons (Fsp3) is 0.111. The lowest BCUT2D eigenvalue weighted by Crippen LogP contribution is -2.02. The third kappa shape index (κ3) is 3.24. The first-order chi connectivity index (χ1) is 13.3. The van der Waals surface area contributed by atoms with Crippen LogP contribution in [-0.4, -0.2) is 38.2 Å². The van der Waals surface area contributed by atoms with Crippen LogP contribution < -0.4 is 0 Å². The molecule has 3 aromatic heterocycles. The van der Waals surface area contributed by atoms with Gasteiger partial charge in [-0.3, -0.25) is 10.1 Å². The Morgan fingerprint density at radius 2 is 2.04 bits per heavy atom. The second-order valence-electron chi connectivity index (χ2n) is 5.89. The number of thioether (sulfide) groups is 1. The fourth-order valence-electron chi connectivity index (χ4n) is 2.71. The van der Waals surface area contributed by atoms with Gasteiger partial charge in [-0.05, 0) is 29.5 Å². The molecule has 0 bridgehead atoms. The van der Waals surface area contributed by atoms with Gasteiger partial charge < -0.3 is 4.42 Å². The van der Waals surface area contributed by atoms with E-state index in [-0.39, 0.29) is 0 Å². The first kappa shape index (κ1) is 15.9. The predicted molar refractivity (Wildman–Crippen MR) is 103 cm³/mol. The molecule has 0 aliphatic carbocycles. The molecule has 0 spiro atoms. The number of rotatable bonds is 5. The Bertz CT molecular complexity index is 1180. The van der Waals surface area contributed by atoms with E-state index in [4.69, 9.17) is 4.42 Å². The van der Waals surface area contributed by atoms with Crippen LogP contribution in [0, 0.1) is 0 Å². The van der Waals surface area contributed by atoms with Crippen LogP contribution in [0.1, 0.15) is 0 Å². The monoisotopic (exact) mass is 375 g/mol. The zero-order valence-corrected chi connectivity index (χ0v) is 14.8. The lowest BCUT2D eigenvalue weighted by molar-refractivity contribution is 0.592. The topological polar surface area (TPSA) is 105 Å². The van der Waals surface area contributed by atoms with E-state index in [9.17, 15) is 0 Å². The SMILES string of the molecule is c1ccc2ncc(-c3ccc(-c4nc(SCC5=NN=NC5)n[nH]4)o3)cc2c1. The van der Waals surface area contributed by atoms with Crippen LogP contribution in [0.25, 0.3) is 33.8 Å². The molecule has 1 N–H and O–H groups in total. The molecule has 27 heavy (non-hydrogen) atoms. The molecule has 4 aromatic rings. The predicted octanol–water partition coefficient (Wildman–Crippen LogP) is 4.19. The van der Waals surface area contributed by atoms with Crippen molar-refractivity contribution < 1.29 is 4.42 Å². The number of hydrogen-bond acceptors (Lipinski definition) is 8. The summed E-state index contributed by atoms with van der Waals surface area (Å²) in [6.45, 7) is 0.547. The lowest BCUT2D eigenvalue weighted by Gasteiger charge is -2.00. The van der Waals surface area contributed by atoms with Gasteiger partial charge in [-0.2, -0.15) is 10.1 Å². The number of aromatic amines is 1. The maximum Gasteiger partial charge on any atom is 0.209 e. The number of furan rings is 1. The zero-order valence-electron chi connectivity index (χ0n) is 14.0. The highest BCUT2D eigenvalue weighted by atomic mass is 32.2. The summed E-state index contributed by atoms with van der Waals surface area (Å²) in [7, 11) is 0. The first-order valence-electron chi connectivity index (χ1n) is 8.28. The normalized spacial score (nSPS) is 13.4. The Morgan fingerprint density at radius 1 is 1.11 bits per heavy atom. The molecule has 0 fully saturated rings. The Labute approximate surface area is 157 Å². The molecular formula is C18H13N7OS. The van der Waals surface area contributed by atoms with Crippen LogP contribution in [0.4, 0.5) is 0 Å². The smallest absolute Gasteiger partial charge is 0.209 e. The molecule has 1 aromatic carbocycles. The number of H-pyrrole nitrogens is 1. The summed E-state index contributed by atoms with van der Waals surface area (Å²) in [6, 6.07) is 13.8. The molecule has 0 unspecified atom stereocenters. The maximum atomic E-state index is 5.96. The number of aromatic nitrogens is 4. The number of nitrogens with zero attached hydrogens (tertiary/aromatic N) is 6. The molecule has 5 rings (SSSR count). The molecule has 0 saturated carbocycles. The van der Waals surface area contributed by atoms with Crippen LogP contribution in [0.3, 0.4) is 0 Å². The van der Waals surface area contributed by atoms with Crippen molar-refractivity contribution in [1.82, 2.24) is 20.2 Å². The van der Waals surface area contributed by atoms with E-state index >= 15 is 0 Å². The quantitative estimate of drug-likeness (QED) is 0.527. The maximum absolute atomic E-state index is 5.96. The highest BCUT2D eigenvalue weighted by Gasteiger charge is 2.13. The summed E-state index contributed by atoms with van der Waals surface area (Å²) in [5.41, 5.74) is 2.79. The van der Waals surface area contributed by atoms with Crippen molar-refractivity contribution in [2.24, 2.45) is 15.4 Å². The van der Waals surface area contributed by atoms with Crippen LogP contribution in [0.15, 0.2) is 73.7 Å². The van der Waals surface area contributed by atoms with E-state index in [1.807, 2.05) is 42.6 Å². The van der Waals surface area contributed by atoms with Gasteiger partial charge >= 0.3 is 0 Å². The van der Waals surface area contributed by atoms with Crippen molar-refractivity contribution in [3.8, 4) is 22.9 Å². The summed E-state index contributed by atoms with van der Waals surface area (Å²) in [4.78, 5) is 8.95. The Morgan fingerprint density at radius 3 is 2.96 bits per heavy atom. The average Bonchev–Trinajstić information content (AvgIpc) is 3.47. The van der Waals surface area contributed by atoms with Gasteiger partial charge in [0.1, 0.15) is 12.3 Å². The van der Waals surface area contributed by atoms with E-state index in [1.165, 1.54) is 11.8 Å². The molecule has 0 amide bonds. The van der Waals surface area contributed by atoms with Gasteiger partial charge in [0.15, 0.2) is 11.6 Å². The summed E-state index contributed by atoms with van der Waals surface area (Å²) in [5, 5.41) is 20.2. The molecule has 0 saturated heterocycles. The number of nitrogens with one attached hydrogen (secondary N) is 1. The van der Waals surface area contributed by atoms with E-state index in [2.05, 4.69) is 41.7 Å². The number of hydrogen-bond donors (Lipinski definition) is 1. The van der Waals surface area contributed by atoms with Gasteiger partial charge in [0.2, 0.25) is 5.16 Å². The van der Waals surface area contributed by atoms with Gasteiger partial charge in [-0.1, -0.05) is 30.0 Å². The molecule has 132 valence electrons. The second kappa shape index (κ2) is 6.76. The van der Waals surface area contributed by atoms with Crippen LogP contribution >= 0.6 is 11.8 Å². The molecule has 9 heteroatoms. The Kier molecular flexibility index (Phi) is 3.98. The largest absolute Gasteiger partial charge is 0.453 e. The van der Waals surface area contributed by atoms with E-state index in [0.717, 1.165) is 27.9 Å². The first-order valence-corrected chi connectivity index (χ1v) is 9.26. The Hall–Kier alpha value is -3.33. The van der Waals surface area contributed by atoms with Gasteiger partial charge in [0, 0.05) is 22.9 Å². The molecule has 4 heterocycles. The highest BCUT2D eigenvalue weighted by molar-refractivity contribution is 7.99. The van der Waals surface area contributed by atoms with Gasteiger partial charge in [0.25, 0.3) is 0 Å². The second-order valence-corrected chi connectivity index (χ2v) is 6.83. The minimum atomic E-state index is 0.547. The number of pyridine rings is 1. The summed E-state index contributed by atoms with van der Waals surface area (Å²) in [5.74, 6) is 2.61. The van der Waals surface area contributed by atoms with Crippen LogP contribution in [0.5, 0.6) is 0 Å². The standard InChI is InChI=1S/C18H13N7OS/c1-2-4-14-11(3-1)7-12(8-19-14)15-5-6-16(26-15)17-21-18(24-23-17)27-10-13-9-20-25-22-13/h1-8H,9-10H2,(H,21,23,24). The zero-order chi connectivity index (χ0) is 18.1. The third-order valence-corrected chi connectivity index (χ3v) is 4.97. The van der Waals surface area contributed by atoms with Crippen LogP contribution in [-0.2, 0) is 0 Å². The Balaban J connectivity index is 1.35. The van der Waals surface area contributed by atoms with Crippen molar-refractivity contribution in [3.63, 3.8) is 0 Å². The van der Waals surface area contributed by atoms with Crippen LogP contribution in [0.2, 0.25) is 0 Å². The third-order valence-electron chi connectivity index (χ3n) is 4.05. The van der Waals surface area contributed by atoms with E-state index < -0.39 is 0 Å². The van der Waals surface area contributed by atoms with Gasteiger partial charge in [-0.15, -0.1) is 10.2 Å². The summed E-state index contributed by atoms with van der Waals surface area (Å²) < 4.78 is 5.96. The number of benzene rings is 1. The van der Waals surface area contributed by atoms with Crippen molar-refractivity contribution in [1.29, 1.82) is 0 Å². The van der Waals surface area contributed by atoms with Crippen molar-refractivity contribution in [2.45, 2.75) is 5.16 Å². The molecule has 8 nitrogen and oxygen atoms in total. The molecular weight excluding hydrogens is 362 g/mol. The molecule has 0 radical (unpaired) electrons. The van der Waals surface area contributed by atoms with E-state index in [1.54, 1.807) is 0 Å². The number of fused-ring (bicyclic) bond motifs is 1. The molecule has 1 aliphatic rings. The lowest BCUT2D eigenvalue weighted by atomic mass is 10.1. The molecule has 0 atom stereocenters. The summed E-state index contributed by atoms with van der Waals surface area (Å²) >= 11 is 1.48. The average molecular weight is 375 g/mol. The van der Waals surface area contributed by atoms with Crippen molar-refractivity contribution in [3.05, 3.63) is 48.7 Å². The summed E-state index contributed by atoms with van der Waals surface area (Å²) in [6.07, 6.45) is 1.81. The van der Waals surface area contributed by atoms with E-state index in [0.29, 0.717) is 29.0 Å². The molecule has 1 aliphatic heterocycles. The fourth-order valence-corrected chi connectivity index (χ4v) is 3.42. The minimum Gasteiger partial charge on any atom is -0.453 e. The minimum absolute atomic E-state index is 0.547. The van der Waals surface area contributed by atoms with Gasteiger partial charge in [-0.25, -0.2) is 0 Å². The number of para-hydroxylation sites is 1. The van der Waals surface area contributed by atoms with Gasteiger partial charge in [0.05, 0.1) is 11.2 Å². The van der Waals surface area contributed by atoms with Crippen molar-refractivity contribution >= 4 is 28.4 Å².